The summed E-state index contributed by atoms with van der Waals surface area (Å²) in [5, 5.41) is 6.37. The number of rotatable bonds is 6. The Hall–Kier alpha value is -4.14. The van der Waals surface area contributed by atoms with Crippen LogP contribution in [0.4, 0.5) is 4.79 Å². The fraction of sp³-hybridized carbons (Fsp3) is 0.143. The Bertz CT molecular complexity index is 1090. The number of carbonyl (C=O) groups excluding carboxylic acids is 3. The molecule has 3 aromatic rings. The zero-order valence-electron chi connectivity index (χ0n) is 16.4. The molecule has 9 heteroatoms. The van der Waals surface area contributed by atoms with Gasteiger partial charge in [-0.1, -0.05) is 29.8 Å². The average Bonchev–Trinajstić information content (AvgIpc) is 3.17. The van der Waals surface area contributed by atoms with Gasteiger partial charge in [0, 0.05) is 11.8 Å². The van der Waals surface area contributed by atoms with Crippen molar-refractivity contribution in [3.05, 3.63) is 65.9 Å². The molecule has 1 aromatic heterocycles. The second-order valence-electron chi connectivity index (χ2n) is 6.39. The number of primary amides is 1. The number of nitrogens with zero attached hydrogens (tertiary/aromatic N) is 2. The van der Waals surface area contributed by atoms with Gasteiger partial charge in [0.15, 0.2) is 6.61 Å². The van der Waals surface area contributed by atoms with Crippen molar-refractivity contribution in [1.82, 2.24) is 15.1 Å². The highest BCUT2D eigenvalue weighted by Crippen LogP contribution is 2.27. The molecule has 0 unspecified atom stereocenters. The number of amides is 3. The van der Waals surface area contributed by atoms with E-state index in [2.05, 4.69) is 5.10 Å². The van der Waals surface area contributed by atoms with Crippen molar-refractivity contribution in [3.8, 4) is 22.7 Å². The van der Waals surface area contributed by atoms with Crippen LogP contribution in [0, 0.1) is 6.92 Å². The van der Waals surface area contributed by atoms with Crippen molar-refractivity contribution in [3.63, 3.8) is 0 Å². The Morgan fingerprint density at radius 1 is 1.13 bits per heavy atom. The molecule has 1 heterocycles. The van der Waals surface area contributed by atoms with Crippen molar-refractivity contribution in [1.29, 1.82) is 0 Å². The first kappa shape index (κ1) is 20.6. The van der Waals surface area contributed by atoms with Gasteiger partial charge in [0.05, 0.1) is 12.8 Å². The van der Waals surface area contributed by atoms with E-state index >= 15 is 0 Å². The highest BCUT2D eigenvalue weighted by Gasteiger charge is 2.21. The number of nitrogens with one attached hydrogen (secondary N) is 1. The second-order valence-corrected chi connectivity index (χ2v) is 6.39. The number of urea groups is 1. The van der Waals surface area contributed by atoms with Gasteiger partial charge >= 0.3 is 12.0 Å². The number of carbonyl (C=O) groups is 3. The van der Waals surface area contributed by atoms with Gasteiger partial charge in [-0.2, -0.15) is 5.10 Å². The molecule has 0 aliphatic carbocycles. The lowest BCUT2D eigenvalue weighted by Gasteiger charge is -2.06. The van der Waals surface area contributed by atoms with E-state index in [0.29, 0.717) is 17.0 Å². The molecule has 0 fully saturated rings. The Morgan fingerprint density at radius 2 is 1.87 bits per heavy atom. The molecule has 0 bridgehead atoms. The molecule has 3 N–H and O–H groups in total. The van der Waals surface area contributed by atoms with Crippen molar-refractivity contribution in [2.45, 2.75) is 6.92 Å². The van der Waals surface area contributed by atoms with E-state index in [0.717, 1.165) is 11.3 Å². The number of ether oxygens (including phenoxy) is 2. The van der Waals surface area contributed by atoms with Gasteiger partial charge in [-0.3, -0.25) is 10.1 Å². The first-order valence-electron chi connectivity index (χ1n) is 8.95. The smallest absolute Gasteiger partial charge is 0.342 e. The number of hydrogen-bond acceptors (Lipinski definition) is 6. The van der Waals surface area contributed by atoms with Gasteiger partial charge in [0.2, 0.25) is 0 Å². The molecule has 30 heavy (non-hydrogen) atoms. The maximum Gasteiger partial charge on any atom is 0.342 e. The van der Waals surface area contributed by atoms with Crippen LogP contribution in [0.25, 0.3) is 16.9 Å². The van der Waals surface area contributed by atoms with E-state index in [-0.39, 0.29) is 5.56 Å². The Morgan fingerprint density at radius 3 is 2.53 bits per heavy atom. The summed E-state index contributed by atoms with van der Waals surface area (Å²) >= 11 is 0. The lowest BCUT2D eigenvalue weighted by molar-refractivity contribution is -0.123. The molecule has 0 aliphatic heterocycles. The summed E-state index contributed by atoms with van der Waals surface area (Å²) < 4.78 is 11.8. The fourth-order valence-electron chi connectivity index (χ4n) is 2.72. The van der Waals surface area contributed by atoms with E-state index in [9.17, 15) is 14.4 Å². The van der Waals surface area contributed by atoms with E-state index in [1.165, 1.54) is 13.3 Å². The Kier molecular flexibility index (Phi) is 6.11. The summed E-state index contributed by atoms with van der Waals surface area (Å²) in [4.78, 5) is 35.0. The van der Waals surface area contributed by atoms with Crippen LogP contribution in [0.1, 0.15) is 15.9 Å². The van der Waals surface area contributed by atoms with Crippen LogP contribution in [0.2, 0.25) is 0 Å². The molecule has 0 spiro atoms. The lowest BCUT2D eigenvalue weighted by atomic mass is 10.1. The third-order valence-corrected chi connectivity index (χ3v) is 4.17. The zero-order chi connectivity index (χ0) is 21.7. The number of methoxy groups -OCH3 is 1. The predicted octanol–water partition coefficient (Wildman–Crippen LogP) is 2.21. The lowest BCUT2D eigenvalue weighted by Crippen LogP contribution is -2.37. The average molecular weight is 408 g/mol. The van der Waals surface area contributed by atoms with Gasteiger partial charge in [-0.05, 0) is 31.2 Å². The number of esters is 1. The summed E-state index contributed by atoms with van der Waals surface area (Å²) in [7, 11) is 1.54. The summed E-state index contributed by atoms with van der Waals surface area (Å²) in [6, 6.07) is 13.6. The van der Waals surface area contributed by atoms with E-state index < -0.39 is 24.5 Å². The fourth-order valence-corrected chi connectivity index (χ4v) is 2.72. The molecule has 0 atom stereocenters. The van der Waals surface area contributed by atoms with Crippen molar-refractivity contribution >= 4 is 17.9 Å². The molecule has 0 radical (unpaired) electrons. The highest BCUT2D eigenvalue weighted by atomic mass is 16.5. The number of benzene rings is 2. The third-order valence-electron chi connectivity index (χ3n) is 4.17. The zero-order valence-corrected chi connectivity index (χ0v) is 16.4. The van der Waals surface area contributed by atoms with Crippen LogP contribution >= 0.6 is 0 Å². The van der Waals surface area contributed by atoms with E-state index in [1.807, 2.05) is 36.5 Å². The summed E-state index contributed by atoms with van der Waals surface area (Å²) in [6.07, 6.45) is 1.52. The molecule has 3 amide bonds. The van der Waals surface area contributed by atoms with Crippen molar-refractivity contribution in [2.24, 2.45) is 5.73 Å². The summed E-state index contributed by atoms with van der Waals surface area (Å²) in [5.74, 6) is -1.01. The molecule has 3 rings (SSSR count). The van der Waals surface area contributed by atoms with Crippen LogP contribution in [-0.2, 0) is 9.53 Å². The van der Waals surface area contributed by atoms with Crippen LogP contribution < -0.4 is 15.8 Å². The standard InChI is InChI=1S/C21H20N4O5/c1-13-6-8-15(9-7-13)25-11-17(20(27)30-12-18(26)23-21(22)28)19(24-25)14-4-3-5-16(10-14)29-2/h3-11H,12H2,1-2H3,(H3,22,23,26,28). The Labute approximate surface area is 172 Å². The van der Waals surface area contributed by atoms with Crippen LogP contribution in [0.15, 0.2) is 54.7 Å². The maximum atomic E-state index is 12.7. The quantitative estimate of drug-likeness (QED) is 0.603. The third kappa shape index (κ3) is 4.82. The summed E-state index contributed by atoms with van der Waals surface area (Å²) in [6.45, 7) is 1.31. The monoisotopic (exact) mass is 408 g/mol. The van der Waals surface area contributed by atoms with Gasteiger partial charge in [0.1, 0.15) is 17.0 Å². The van der Waals surface area contributed by atoms with Gasteiger partial charge in [-0.25, -0.2) is 14.3 Å². The predicted molar refractivity (Wildman–Crippen MR) is 108 cm³/mol. The normalized spacial score (nSPS) is 10.3. The van der Waals surface area contributed by atoms with Gasteiger partial charge < -0.3 is 15.2 Å². The van der Waals surface area contributed by atoms with Gasteiger partial charge in [-0.15, -0.1) is 0 Å². The minimum Gasteiger partial charge on any atom is -0.497 e. The van der Waals surface area contributed by atoms with Crippen molar-refractivity contribution in [2.75, 3.05) is 13.7 Å². The first-order chi connectivity index (χ1) is 14.4. The molecule has 0 saturated heterocycles. The molecule has 154 valence electrons. The van der Waals surface area contributed by atoms with Crippen molar-refractivity contribution < 1.29 is 23.9 Å². The molecular formula is C21H20N4O5. The minimum atomic E-state index is -1.03. The number of imide groups is 1. The number of aromatic nitrogens is 2. The number of aryl methyl sites for hydroxylation is 1. The molecule has 2 aromatic carbocycles. The minimum absolute atomic E-state index is 0.149. The Balaban J connectivity index is 1.96. The van der Waals surface area contributed by atoms with Gasteiger partial charge in [0.25, 0.3) is 5.91 Å². The first-order valence-corrected chi connectivity index (χ1v) is 8.95. The number of hydrogen-bond donors (Lipinski definition) is 2. The van der Waals surface area contributed by atoms with E-state index in [4.69, 9.17) is 15.2 Å². The van der Waals surface area contributed by atoms with Crippen LogP contribution in [0.3, 0.4) is 0 Å². The van der Waals surface area contributed by atoms with E-state index in [1.54, 1.807) is 28.9 Å². The summed E-state index contributed by atoms with van der Waals surface area (Å²) in [5.41, 5.74) is 7.85. The number of nitrogens with two attached hydrogens (primary N) is 1. The van der Waals surface area contributed by atoms with Crippen LogP contribution in [-0.4, -0.2) is 41.4 Å². The topological polar surface area (TPSA) is 126 Å². The molecule has 0 saturated carbocycles. The largest absolute Gasteiger partial charge is 0.497 e. The molecular weight excluding hydrogens is 388 g/mol. The van der Waals surface area contributed by atoms with Crippen LogP contribution in [0.5, 0.6) is 5.75 Å². The molecule has 9 nitrogen and oxygen atoms in total. The molecule has 0 aliphatic rings. The second kappa shape index (κ2) is 8.91. The SMILES string of the molecule is COc1cccc(-c2nn(-c3ccc(C)cc3)cc2C(=O)OCC(=O)NC(N)=O)c1. The highest BCUT2D eigenvalue weighted by molar-refractivity contribution is 5.99. The maximum absolute atomic E-state index is 12.7.